The summed E-state index contributed by atoms with van der Waals surface area (Å²) < 4.78 is 33.7. The molecule has 2 amide bonds. The third-order valence-corrected chi connectivity index (χ3v) is 5.87. The van der Waals surface area contributed by atoms with Gasteiger partial charge in [-0.3, -0.25) is 0 Å². The minimum absolute atomic E-state index is 0.00443. The first kappa shape index (κ1) is 23.7. The van der Waals surface area contributed by atoms with Gasteiger partial charge in [-0.2, -0.15) is 0 Å². The number of carbonyl (C=O) groups excluding carboxylic acids is 1. The highest BCUT2D eigenvalue weighted by atomic mass is 35.5. The highest BCUT2D eigenvalue weighted by Gasteiger charge is 2.24. The molecule has 178 valence electrons. The maximum Gasteiger partial charge on any atom is 0.321 e. The average molecular weight is 489 g/mol. The van der Waals surface area contributed by atoms with Gasteiger partial charge < -0.3 is 26.4 Å². The molecule has 0 spiro atoms. The lowest BCUT2D eigenvalue weighted by Gasteiger charge is -2.18. The Morgan fingerprint density at radius 3 is 2.62 bits per heavy atom. The van der Waals surface area contributed by atoms with Gasteiger partial charge in [-0.05, 0) is 37.6 Å². The van der Waals surface area contributed by atoms with Crippen LogP contribution in [0.25, 0.3) is 11.3 Å². The zero-order valence-electron chi connectivity index (χ0n) is 18.3. The van der Waals surface area contributed by atoms with Crippen LogP contribution >= 0.6 is 11.6 Å². The molecule has 5 N–H and O–H groups in total. The third-order valence-electron chi connectivity index (χ3n) is 5.49. The van der Waals surface area contributed by atoms with Gasteiger partial charge in [0.05, 0.1) is 16.9 Å². The number of carbonyl (C=O) groups is 1. The summed E-state index contributed by atoms with van der Waals surface area (Å²) in [5, 5.41) is 2.46. The van der Waals surface area contributed by atoms with Crippen molar-refractivity contribution in [1.82, 2.24) is 14.9 Å². The summed E-state index contributed by atoms with van der Waals surface area (Å²) in [6.45, 7) is 2.65. The monoisotopic (exact) mass is 488 g/mol. The Bertz CT molecular complexity index is 1210. The van der Waals surface area contributed by atoms with E-state index in [0.717, 1.165) is 18.6 Å². The predicted octanol–water partition coefficient (Wildman–Crippen LogP) is 4.36. The van der Waals surface area contributed by atoms with Crippen LogP contribution in [0.5, 0.6) is 5.88 Å². The summed E-state index contributed by atoms with van der Waals surface area (Å²) >= 11 is 5.92. The molecule has 0 bridgehead atoms. The number of nitrogen functional groups attached to an aromatic ring is 1. The molecule has 3 aromatic rings. The molecule has 0 radical (unpaired) electrons. The summed E-state index contributed by atoms with van der Waals surface area (Å²) in [6, 6.07) is 8.67. The second kappa shape index (κ2) is 9.78. The van der Waals surface area contributed by atoms with Crippen molar-refractivity contribution in [2.24, 2.45) is 5.73 Å². The van der Waals surface area contributed by atoms with E-state index >= 15 is 0 Å². The van der Waals surface area contributed by atoms with Crippen LogP contribution in [0.4, 0.5) is 25.1 Å². The quantitative estimate of drug-likeness (QED) is 0.459. The van der Waals surface area contributed by atoms with Gasteiger partial charge in [0.1, 0.15) is 17.7 Å². The molecular formula is C23H23ClF2N6O2. The lowest BCUT2D eigenvalue weighted by molar-refractivity contribution is 0.213. The Kier molecular flexibility index (Phi) is 6.80. The fourth-order valence-corrected chi connectivity index (χ4v) is 3.95. The molecule has 1 fully saturated rings. The molecule has 34 heavy (non-hydrogen) atoms. The minimum atomic E-state index is -0.980. The van der Waals surface area contributed by atoms with Gasteiger partial charge in [-0.1, -0.05) is 23.7 Å². The molecule has 0 saturated carbocycles. The number of benzene rings is 2. The minimum Gasteiger partial charge on any atom is -0.467 e. The van der Waals surface area contributed by atoms with Crippen LogP contribution in [0.15, 0.2) is 42.6 Å². The van der Waals surface area contributed by atoms with Crippen molar-refractivity contribution in [3.63, 3.8) is 0 Å². The Morgan fingerprint density at radius 1 is 1.24 bits per heavy atom. The van der Waals surface area contributed by atoms with Crippen LogP contribution in [-0.2, 0) is 0 Å². The fraction of sp³-hybridized carbons (Fsp3) is 0.261. The van der Waals surface area contributed by atoms with E-state index < -0.39 is 17.7 Å². The summed E-state index contributed by atoms with van der Waals surface area (Å²) in [5.41, 5.74) is 13.3. The Balaban J connectivity index is 1.50. The van der Waals surface area contributed by atoms with Gasteiger partial charge >= 0.3 is 6.03 Å². The van der Waals surface area contributed by atoms with E-state index in [9.17, 15) is 13.6 Å². The zero-order valence-corrected chi connectivity index (χ0v) is 19.0. The number of aromatic nitrogens is 2. The van der Waals surface area contributed by atoms with Crippen LogP contribution in [0.2, 0.25) is 5.02 Å². The molecule has 1 aliphatic rings. The third kappa shape index (κ3) is 5.02. The average Bonchev–Trinajstić information content (AvgIpc) is 3.25. The van der Waals surface area contributed by atoms with E-state index in [1.165, 1.54) is 13.1 Å². The first-order valence-corrected chi connectivity index (χ1v) is 10.9. The summed E-state index contributed by atoms with van der Waals surface area (Å²) in [6.07, 6.45) is 1.26. The summed E-state index contributed by atoms with van der Waals surface area (Å²) in [5.74, 6) is -1.54. The van der Waals surface area contributed by atoms with Crippen molar-refractivity contribution in [3.05, 3.63) is 64.8 Å². The molecular weight excluding hydrogens is 466 g/mol. The summed E-state index contributed by atoms with van der Waals surface area (Å²) in [7, 11) is 0. The molecule has 1 unspecified atom stereocenters. The van der Waals surface area contributed by atoms with Crippen molar-refractivity contribution < 1.29 is 18.3 Å². The smallest absolute Gasteiger partial charge is 0.321 e. The molecule has 2 atom stereocenters. The lowest BCUT2D eigenvalue weighted by Crippen LogP contribution is -2.35. The Labute approximate surface area is 199 Å². The van der Waals surface area contributed by atoms with Crippen LogP contribution in [-0.4, -0.2) is 40.0 Å². The van der Waals surface area contributed by atoms with Crippen LogP contribution in [0, 0.1) is 11.6 Å². The highest BCUT2D eigenvalue weighted by Crippen LogP contribution is 2.33. The van der Waals surface area contributed by atoms with Gasteiger partial charge in [0.25, 0.3) is 5.88 Å². The van der Waals surface area contributed by atoms with E-state index in [0.29, 0.717) is 30.0 Å². The van der Waals surface area contributed by atoms with Gasteiger partial charge in [0.15, 0.2) is 5.82 Å². The van der Waals surface area contributed by atoms with Crippen LogP contribution < -0.4 is 21.5 Å². The molecule has 11 heteroatoms. The number of anilines is 2. The van der Waals surface area contributed by atoms with Gasteiger partial charge in [0, 0.05) is 35.9 Å². The first-order valence-electron chi connectivity index (χ1n) is 10.6. The zero-order chi connectivity index (χ0) is 24.4. The van der Waals surface area contributed by atoms with Crippen molar-refractivity contribution >= 4 is 29.1 Å². The Hall–Kier alpha value is -3.50. The molecule has 8 nitrogen and oxygen atoms in total. The number of rotatable bonds is 5. The normalized spacial score (nSPS) is 16.4. The molecule has 0 aliphatic carbocycles. The van der Waals surface area contributed by atoms with E-state index in [-0.39, 0.29) is 34.4 Å². The molecule has 1 saturated heterocycles. The van der Waals surface area contributed by atoms with Crippen molar-refractivity contribution in [3.8, 4) is 17.1 Å². The van der Waals surface area contributed by atoms with Crippen molar-refractivity contribution in [2.45, 2.75) is 25.5 Å². The fourth-order valence-electron chi connectivity index (χ4n) is 3.65. The second-order valence-electron chi connectivity index (χ2n) is 7.96. The molecule has 2 heterocycles. The number of hydrogen-bond acceptors (Lipinski definition) is 6. The van der Waals surface area contributed by atoms with Crippen molar-refractivity contribution in [2.75, 3.05) is 24.1 Å². The number of nitrogens with two attached hydrogens (primary N) is 2. The van der Waals surface area contributed by atoms with Gasteiger partial charge in [0.2, 0.25) is 0 Å². The predicted molar refractivity (Wildman–Crippen MR) is 125 cm³/mol. The molecule has 1 aromatic heterocycles. The lowest BCUT2D eigenvalue weighted by atomic mass is 10.1. The molecule has 2 aromatic carbocycles. The largest absolute Gasteiger partial charge is 0.467 e. The number of nitrogens with one attached hydrogen (secondary N) is 1. The summed E-state index contributed by atoms with van der Waals surface area (Å²) in [4.78, 5) is 22.5. The number of ether oxygens (including phenoxy) is 1. The maximum absolute atomic E-state index is 14.2. The molecule has 4 rings (SSSR count). The number of urea groups is 1. The topological polar surface area (TPSA) is 119 Å². The number of hydrogen-bond donors (Lipinski definition) is 3. The number of nitrogens with zero attached hydrogens (tertiary/aromatic N) is 3. The van der Waals surface area contributed by atoms with E-state index in [1.54, 1.807) is 29.2 Å². The van der Waals surface area contributed by atoms with Gasteiger partial charge in [-0.25, -0.2) is 23.5 Å². The van der Waals surface area contributed by atoms with Crippen LogP contribution in [0.1, 0.15) is 25.0 Å². The number of likely N-dealkylation sites (tertiary alicyclic amines) is 1. The molecule has 1 aliphatic heterocycles. The SMILES string of the molecule is CC(Oc1nc(-c2ccc(NC(=O)N3CC[C@H](N)C3)cc2)cnc1N)c1c(F)ccc(F)c1Cl. The second-order valence-corrected chi connectivity index (χ2v) is 8.34. The van der Waals surface area contributed by atoms with Gasteiger partial charge in [-0.15, -0.1) is 0 Å². The van der Waals surface area contributed by atoms with E-state index in [4.69, 9.17) is 27.8 Å². The standard InChI is InChI=1S/C23H23ClF2N6O2/c1-12(19-16(25)6-7-17(26)20(19)24)34-22-21(28)29-10-18(31-22)13-2-4-15(5-3-13)30-23(33)32-9-8-14(27)11-32/h2-7,10,12,14H,8-9,11,27H2,1H3,(H2,28,29)(H,30,33)/t12?,14-/m0/s1. The Morgan fingerprint density at radius 2 is 1.94 bits per heavy atom. The van der Waals surface area contributed by atoms with E-state index in [1.807, 2.05) is 0 Å². The highest BCUT2D eigenvalue weighted by molar-refractivity contribution is 6.31. The first-order chi connectivity index (χ1) is 16.2. The number of amides is 2. The van der Waals surface area contributed by atoms with Crippen LogP contribution in [0.3, 0.4) is 0 Å². The maximum atomic E-state index is 14.2. The number of halogens is 3. The van der Waals surface area contributed by atoms with E-state index in [2.05, 4.69) is 15.3 Å². The van der Waals surface area contributed by atoms with Crippen molar-refractivity contribution in [1.29, 1.82) is 0 Å².